The molecule has 1 heterocycles. The summed E-state index contributed by atoms with van der Waals surface area (Å²) in [5.74, 6) is 0.609. The number of rotatable bonds is 10. The number of nitrogens with one attached hydrogen (secondary N) is 2. The monoisotopic (exact) mass is 304 g/mol. The summed E-state index contributed by atoms with van der Waals surface area (Å²) >= 11 is 0. The van der Waals surface area contributed by atoms with E-state index in [4.69, 9.17) is 9.15 Å². The third-order valence-electron chi connectivity index (χ3n) is 2.47. The normalized spacial score (nSPS) is 12.2. The van der Waals surface area contributed by atoms with E-state index in [9.17, 15) is 8.42 Å². The summed E-state index contributed by atoms with van der Waals surface area (Å²) < 4.78 is 36.9. The Morgan fingerprint density at radius 3 is 2.70 bits per heavy atom. The zero-order valence-corrected chi connectivity index (χ0v) is 13.1. The fourth-order valence-electron chi connectivity index (χ4n) is 1.53. The molecule has 1 aromatic rings. The molecular weight excluding hydrogens is 280 g/mol. The van der Waals surface area contributed by atoms with Gasteiger partial charge in [0.05, 0.1) is 19.3 Å². The Bertz CT molecular complexity index is 482. The molecule has 0 atom stereocenters. The first-order valence-corrected chi connectivity index (χ1v) is 8.34. The van der Waals surface area contributed by atoms with E-state index in [2.05, 4.69) is 17.0 Å². The molecule has 20 heavy (non-hydrogen) atoms. The van der Waals surface area contributed by atoms with Gasteiger partial charge in [0.1, 0.15) is 5.76 Å². The van der Waals surface area contributed by atoms with E-state index >= 15 is 0 Å². The molecule has 1 aromatic heterocycles. The highest BCUT2D eigenvalue weighted by Gasteiger charge is 2.18. The van der Waals surface area contributed by atoms with Crippen molar-refractivity contribution in [3.05, 3.63) is 17.9 Å². The number of sulfonamides is 1. The van der Waals surface area contributed by atoms with Gasteiger partial charge in [-0.2, -0.15) is 0 Å². The van der Waals surface area contributed by atoms with Crippen LogP contribution in [0.5, 0.6) is 0 Å². The van der Waals surface area contributed by atoms with Crippen LogP contribution in [0.15, 0.2) is 21.6 Å². The van der Waals surface area contributed by atoms with Crippen LogP contribution in [0, 0.1) is 0 Å². The smallest absolute Gasteiger partial charge is 0.274 e. The first kappa shape index (κ1) is 17.2. The van der Waals surface area contributed by atoms with Gasteiger partial charge in [-0.25, -0.2) is 13.1 Å². The van der Waals surface area contributed by atoms with Crippen molar-refractivity contribution in [3.8, 4) is 0 Å². The van der Waals surface area contributed by atoms with Gasteiger partial charge in [-0.05, 0) is 38.9 Å². The molecule has 1 rings (SSSR count). The molecule has 0 spiro atoms. The maximum Gasteiger partial charge on any atom is 0.274 e. The van der Waals surface area contributed by atoms with E-state index < -0.39 is 10.0 Å². The number of hydrogen-bond acceptors (Lipinski definition) is 5. The highest BCUT2D eigenvalue weighted by atomic mass is 32.2. The Hall–Kier alpha value is -0.890. The number of furan rings is 1. The summed E-state index contributed by atoms with van der Waals surface area (Å²) in [6.07, 6.45) is 1.10. The predicted octanol–water partition coefficient (Wildman–Crippen LogP) is 1.48. The molecule has 0 aliphatic heterocycles. The van der Waals surface area contributed by atoms with Crippen LogP contribution in [0.3, 0.4) is 0 Å². The minimum atomic E-state index is -3.59. The van der Waals surface area contributed by atoms with Gasteiger partial charge >= 0.3 is 0 Å². The summed E-state index contributed by atoms with van der Waals surface area (Å²) in [6, 6.07) is 3.14. The van der Waals surface area contributed by atoms with Crippen LogP contribution in [-0.4, -0.2) is 34.2 Å². The first-order valence-electron chi connectivity index (χ1n) is 6.86. The standard InChI is InChI=1S/C13H24N2O4S/c1-4-7-14-10-12-5-6-13(19-12)20(16,17)15-8-9-18-11(2)3/h5-6,11,14-15H,4,7-10H2,1-3H3. The average Bonchev–Trinajstić information content (AvgIpc) is 2.84. The summed E-state index contributed by atoms with van der Waals surface area (Å²) in [5.41, 5.74) is 0. The van der Waals surface area contributed by atoms with E-state index in [1.165, 1.54) is 6.07 Å². The minimum absolute atomic E-state index is 0.0599. The van der Waals surface area contributed by atoms with Crippen LogP contribution in [0.2, 0.25) is 0 Å². The minimum Gasteiger partial charge on any atom is -0.447 e. The van der Waals surface area contributed by atoms with Crippen LogP contribution >= 0.6 is 0 Å². The quantitative estimate of drug-likeness (QED) is 0.640. The second kappa shape index (κ2) is 8.41. The van der Waals surface area contributed by atoms with Crippen molar-refractivity contribution >= 4 is 10.0 Å². The number of ether oxygens (including phenoxy) is 1. The maximum atomic E-state index is 11.9. The van der Waals surface area contributed by atoms with Crippen molar-refractivity contribution in [2.24, 2.45) is 0 Å². The van der Waals surface area contributed by atoms with Crippen molar-refractivity contribution < 1.29 is 17.6 Å². The summed E-state index contributed by atoms with van der Waals surface area (Å²) in [7, 11) is -3.59. The molecule has 0 saturated carbocycles. The Morgan fingerprint density at radius 1 is 1.30 bits per heavy atom. The largest absolute Gasteiger partial charge is 0.447 e. The molecule has 2 N–H and O–H groups in total. The van der Waals surface area contributed by atoms with Gasteiger partial charge in [-0.15, -0.1) is 0 Å². The van der Waals surface area contributed by atoms with E-state index in [0.29, 0.717) is 18.9 Å². The van der Waals surface area contributed by atoms with Crippen LogP contribution < -0.4 is 10.0 Å². The van der Waals surface area contributed by atoms with E-state index in [0.717, 1.165) is 13.0 Å². The fourth-order valence-corrected chi connectivity index (χ4v) is 2.49. The van der Waals surface area contributed by atoms with E-state index in [1.54, 1.807) is 6.07 Å². The maximum absolute atomic E-state index is 11.9. The van der Waals surface area contributed by atoms with Crippen molar-refractivity contribution in [1.82, 2.24) is 10.0 Å². The molecule has 0 radical (unpaired) electrons. The summed E-state index contributed by atoms with van der Waals surface area (Å²) in [6.45, 7) is 7.82. The van der Waals surface area contributed by atoms with E-state index in [-0.39, 0.29) is 17.7 Å². The van der Waals surface area contributed by atoms with Gasteiger partial charge in [0, 0.05) is 6.54 Å². The zero-order chi connectivity index (χ0) is 15.0. The third kappa shape index (κ3) is 6.04. The van der Waals surface area contributed by atoms with Crippen LogP contribution in [0.1, 0.15) is 33.0 Å². The molecule has 6 nitrogen and oxygen atoms in total. The molecule has 0 bridgehead atoms. The highest BCUT2D eigenvalue weighted by Crippen LogP contribution is 2.13. The second-order valence-electron chi connectivity index (χ2n) is 4.71. The lowest BCUT2D eigenvalue weighted by molar-refractivity contribution is 0.0833. The Morgan fingerprint density at radius 2 is 2.05 bits per heavy atom. The van der Waals surface area contributed by atoms with Crippen LogP contribution in [-0.2, 0) is 21.3 Å². The van der Waals surface area contributed by atoms with Gasteiger partial charge in [-0.1, -0.05) is 6.92 Å². The van der Waals surface area contributed by atoms with Gasteiger partial charge in [-0.3, -0.25) is 0 Å². The zero-order valence-electron chi connectivity index (χ0n) is 12.3. The highest BCUT2D eigenvalue weighted by molar-refractivity contribution is 7.89. The van der Waals surface area contributed by atoms with Gasteiger partial charge < -0.3 is 14.5 Å². The average molecular weight is 304 g/mol. The fraction of sp³-hybridized carbons (Fsp3) is 0.692. The summed E-state index contributed by atoms with van der Waals surface area (Å²) in [5, 5.41) is 3.09. The Labute approximate surface area is 120 Å². The molecule has 0 aliphatic carbocycles. The molecule has 7 heteroatoms. The van der Waals surface area contributed by atoms with Crippen LogP contribution in [0.25, 0.3) is 0 Å². The van der Waals surface area contributed by atoms with E-state index in [1.807, 2.05) is 13.8 Å². The van der Waals surface area contributed by atoms with Crippen molar-refractivity contribution in [2.45, 2.75) is 44.9 Å². The second-order valence-corrected chi connectivity index (χ2v) is 6.41. The summed E-state index contributed by atoms with van der Waals surface area (Å²) in [4.78, 5) is 0. The molecule has 0 aromatic carbocycles. The SMILES string of the molecule is CCCNCc1ccc(S(=O)(=O)NCCOC(C)C)o1. The lowest BCUT2D eigenvalue weighted by Crippen LogP contribution is -2.28. The lowest BCUT2D eigenvalue weighted by atomic mass is 10.4. The van der Waals surface area contributed by atoms with Gasteiger partial charge in [0.2, 0.25) is 5.09 Å². The molecule has 0 fully saturated rings. The molecule has 0 unspecified atom stereocenters. The molecule has 0 aliphatic rings. The van der Waals surface area contributed by atoms with Crippen molar-refractivity contribution in [3.63, 3.8) is 0 Å². The first-order chi connectivity index (χ1) is 9.45. The predicted molar refractivity (Wildman–Crippen MR) is 77.0 cm³/mol. The topological polar surface area (TPSA) is 80.6 Å². The van der Waals surface area contributed by atoms with Gasteiger partial charge in [0.15, 0.2) is 0 Å². The lowest BCUT2D eigenvalue weighted by Gasteiger charge is -2.08. The molecule has 0 amide bonds. The van der Waals surface area contributed by atoms with Crippen molar-refractivity contribution in [1.29, 1.82) is 0 Å². The number of hydrogen-bond donors (Lipinski definition) is 2. The molecule has 116 valence electrons. The Kier molecular flexibility index (Phi) is 7.22. The third-order valence-corrected chi connectivity index (χ3v) is 3.81. The van der Waals surface area contributed by atoms with Crippen molar-refractivity contribution in [2.75, 3.05) is 19.7 Å². The molecular formula is C13H24N2O4S. The molecule has 0 saturated heterocycles. The van der Waals surface area contributed by atoms with Gasteiger partial charge in [0.25, 0.3) is 10.0 Å². The van der Waals surface area contributed by atoms with Crippen LogP contribution in [0.4, 0.5) is 0 Å². The Balaban J connectivity index is 2.46.